The molecule has 3 aromatic rings. The molecule has 2 aliphatic rings. The summed E-state index contributed by atoms with van der Waals surface area (Å²) in [6.45, 7) is 1.83. The summed E-state index contributed by atoms with van der Waals surface area (Å²) in [5, 5.41) is 5.15. The quantitative estimate of drug-likeness (QED) is 0.657. The van der Waals surface area contributed by atoms with Gasteiger partial charge in [-0.1, -0.05) is 6.07 Å². The van der Waals surface area contributed by atoms with Gasteiger partial charge < -0.3 is 9.64 Å². The van der Waals surface area contributed by atoms with Crippen LogP contribution < -0.4 is 14.8 Å². The topological polar surface area (TPSA) is 103 Å². The highest BCUT2D eigenvalue weighted by atomic mass is 32.2. The van der Waals surface area contributed by atoms with Gasteiger partial charge in [0.2, 0.25) is 10.0 Å². The molecule has 0 fully saturated rings. The number of anilines is 1. The van der Waals surface area contributed by atoms with Crippen LogP contribution in [0.1, 0.15) is 18.1 Å². The van der Waals surface area contributed by atoms with E-state index in [1.807, 2.05) is 43.3 Å². The number of pyridine rings is 1. The first-order valence-corrected chi connectivity index (χ1v) is 11.7. The lowest BCUT2D eigenvalue weighted by Crippen LogP contribution is -2.44. The average Bonchev–Trinajstić information content (AvgIpc) is 3.32. The molecule has 0 saturated heterocycles. The summed E-state index contributed by atoms with van der Waals surface area (Å²) in [5.41, 5.74) is 3.55. The van der Waals surface area contributed by atoms with Crippen molar-refractivity contribution in [2.24, 2.45) is 5.14 Å². The minimum Gasteiger partial charge on any atom is -0.480 e. The summed E-state index contributed by atoms with van der Waals surface area (Å²) in [7, 11) is -4.27. The number of rotatable bonds is 3. The van der Waals surface area contributed by atoms with Gasteiger partial charge in [0.1, 0.15) is 16.5 Å². The zero-order valence-electron chi connectivity index (χ0n) is 17.2. The molecule has 7 nitrogen and oxygen atoms in total. The lowest BCUT2D eigenvalue weighted by atomic mass is 10.0. The highest BCUT2D eigenvalue weighted by Gasteiger charge is 2.39. The molecule has 0 unspecified atom stereocenters. The Balaban J connectivity index is 1.44. The van der Waals surface area contributed by atoms with Crippen LogP contribution in [0.25, 0.3) is 11.3 Å². The summed E-state index contributed by atoms with van der Waals surface area (Å²) in [5.74, 6) is -0.599. The largest absolute Gasteiger partial charge is 0.480 e. The third-order valence-corrected chi connectivity index (χ3v) is 6.79. The van der Waals surface area contributed by atoms with Crippen LogP contribution in [0.2, 0.25) is 0 Å². The second-order valence-electron chi connectivity index (χ2n) is 8.07. The number of carbonyl (C=O) groups is 1. The van der Waals surface area contributed by atoms with E-state index in [9.17, 15) is 17.6 Å². The number of nitrogens with two attached hydrogens (primary N) is 1. The lowest BCUT2D eigenvalue weighted by Gasteiger charge is -2.25. The molecule has 2 aromatic carbocycles. The van der Waals surface area contributed by atoms with Gasteiger partial charge in [-0.15, -0.1) is 0 Å². The Labute approximate surface area is 184 Å². The Morgan fingerprint density at radius 1 is 1.16 bits per heavy atom. The van der Waals surface area contributed by atoms with E-state index in [1.54, 1.807) is 6.20 Å². The number of primary sulfonamides is 1. The standard InChI is InChI=1S/C23H20FN3O4S/c1-13-8-15-10-17(24)22(32(25,29)30)12-19(15)27(13)23(28)21-11-16-9-14(5-6-20(16)31-21)18-4-2-3-7-26-18/h2-7,9-10,12-13,21H,8,11H2,1H3,(H2,25,29,30)/t13-,21-/m1/s1. The smallest absolute Gasteiger partial charge is 0.268 e. The van der Waals surface area contributed by atoms with Crippen LogP contribution in [0.5, 0.6) is 5.75 Å². The number of fused-ring (bicyclic) bond motifs is 2. The van der Waals surface area contributed by atoms with Gasteiger partial charge in [-0.2, -0.15) is 0 Å². The van der Waals surface area contributed by atoms with Crippen LogP contribution in [0, 0.1) is 5.82 Å². The predicted molar refractivity (Wildman–Crippen MR) is 116 cm³/mol. The summed E-state index contributed by atoms with van der Waals surface area (Å²) < 4.78 is 43.7. The van der Waals surface area contributed by atoms with E-state index >= 15 is 0 Å². The van der Waals surface area contributed by atoms with Crippen LogP contribution in [0.4, 0.5) is 10.1 Å². The van der Waals surface area contributed by atoms with E-state index in [1.165, 1.54) is 4.90 Å². The van der Waals surface area contributed by atoms with Crippen molar-refractivity contribution in [2.45, 2.75) is 36.8 Å². The van der Waals surface area contributed by atoms with Crippen LogP contribution in [0.15, 0.2) is 59.6 Å². The van der Waals surface area contributed by atoms with Gasteiger partial charge in [0, 0.05) is 29.9 Å². The third kappa shape index (κ3) is 3.43. The summed E-state index contributed by atoms with van der Waals surface area (Å²) >= 11 is 0. The molecule has 0 bridgehead atoms. The number of ether oxygens (including phenoxy) is 1. The van der Waals surface area contributed by atoms with Crippen molar-refractivity contribution in [3.8, 4) is 17.0 Å². The van der Waals surface area contributed by atoms with Crippen molar-refractivity contribution in [1.82, 2.24) is 4.98 Å². The number of hydrogen-bond donors (Lipinski definition) is 1. The number of amides is 1. The number of carbonyl (C=O) groups excluding carboxylic acids is 1. The summed E-state index contributed by atoms with van der Waals surface area (Å²) in [6, 6.07) is 13.3. The minimum atomic E-state index is -4.27. The number of benzene rings is 2. The van der Waals surface area contributed by atoms with Crippen LogP contribution in [-0.4, -0.2) is 31.5 Å². The molecule has 2 N–H and O–H groups in total. The van der Waals surface area contributed by atoms with Gasteiger partial charge in [0.15, 0.2) is 6.10 Å². The van der Waals surface area contributed by atoms with Gasteiger partial charge in [-0.3, -0.25) is 9.78 Å². The molecule has 0 radical (unpaired) electrons. The molecular formula is C23H20FN3O4S. The minimum absolute atomic E-state index is 0.274. The summed E-state index contributed by atoms with van der Waals surface area (Å²) in [4.78, 5) is 18.6. The van der Waals surface area contributed by atoms with Crippen LogP contribution >= 0.6 is 0 Å². The van der Waals surface area contributed by atoms with E-state index in [4.69, 9.17) is 9.88 Å². The highest BCUT2D eigenvalue weighted by molar-refractivity contribution is 7.89. The maximum absolute atomic E-state index is 14.3. The Hall–Kier alpha value is -3.30. The fourth-order valence-electron chi connectivity index (χ4n) is 4.41. The molecule has 3 heterocycles. The molecule has 5 rings (SSSR count). The number of halogens is 1. The first kappa shape index (κ1) is 20.6. The first-order chi connectivity index (χ1) is 15.2. The number of nitrogens with zero attached hydrogens (tertiary/aromatic N) is 2. The van der Waals surface area contributed by atoms with Gasteiger partial charge >= 0.3 is 0 Å². The monoisotopic (exact) mass is 453 g/mol. The van der Waals surface area contributed by atoms with Gasteiger partial charge in [-0.05, 0) is 66.9 Å². The fourth-order valence-corrected chi connectivity index (χ4v) is 5.01. The van der Waals surface area contributed by atoms with E-state index in [-0.39, 0.29) is 11.9 Å². The Morgan fingerprint density at radius 2 is 1.97 bits per heavy atom. The molecular weight excluding hydrogens is 433 g/mol. The van der Waals surface area contributed by atoms with Crippen molar-refractivity contribution in [1.29, 1.82) is 0 Å². The van der Waals surface area contributed by atoms with Crippen LogP contribution in [0.3, 0.4) is 0 Å². The normalized spacial score (nSPS) is 19.4. The Morgan fingerprint density at radius 3 is 2.69 bits per heavy atom. The molecule has 2 atom stereocenters. The van der Waals surface area contributed by atoms with Gasteiger partial charge in [-0.25, -0.2) is 17.9 Å². The Bertz CT molecular complexity index is 1340. The third-order valence-electron chi connectivity index (χ3n) is 5.86. The molecule has 9 heteroatoms. The van der Waals surface area contributed by atoms with Crippen LogP contribution in [-0.2, 0) is 27.7 Å². The molecule has 1 aromatic heterocycles. The molecule has 1 amide bonds. The summed E-state index contributed by atoms with van der Waals surface area (Å²) in [6.07, 6.45) is 1.74. The van der Waals surface area contributed by atoms with E-state index < -0.39 is 26.8 Å². The first-order valence-electron chi connectivity index (χ1n) is 10.1. The maximum atomic E-state index is 14.3. The molecule has 164 valence electrons. The molecule has 0 aliphatic carbocycles. The second kappa shape index (κ2) is 7.39. The number of aromatic nitrogens is 1. The molecule has 2 aliphatic heterocycles. The second-order valence-corrected chi connectivity index (χ2v) is 9.60. The fraction of sp³-hybridized carbons (Fsp3) is 0.217. The zero-order valence-corrected chi connectivity index (χ0v) is 18.0. The molecule has 0 saturated carbocycles. The number of hydrogen-bond acceptors (Lipinski definition) is 5. The SMILES string of the molecule is C[C@@H]1Cc2cc(F)c(S(N)(=O)=O)cc2N1C(=O)[C@H]1Cc2cc(-c3ccccn3)ccc2O1. The van der Waals surface area contributed by atoms with E-state index in [2.05, 4.69) is 4.98 Å². The molecule has 32 heavy (non-hydrogen) atoms. The van der Waals surface area contributed by atoms with Crippen molar-refractivity contribution in [3.05, 3.63) is 71.7 Å². The van der Waals surface area contributed by atoms with Crippen molar-refractivity contribution >= 4 is 21.6 Å². The maximum Gasteiger partial charge on any atom is 0.268 e. The van der Waals surface area contributed by atoms with E-state index in [0.717, 1.165) is 29.0 Å². The lowest BCUT2D eigenvalue weighted by molar-refractivity contribution is -0.124. The zero-order chi connectivity index (χ0) is 22.6. The van der Waals surface area contributed by atoms with Gasteiger partial charge in [0.05, 0.1) is 5.69 Å². The number of sulfonamides is 1. The van der Waals surface area contributed by atoms with Crippen molar-refractivity contribution < 1.29 is 22.3 Å². The highest BCUT2D eigenvalue weighted by Crippen LogP contribution is 2.38. The van der Waals surface area contributed by atoms with Gasteiger partial charge in [0.25, 0.3) is 5.91 Å². The predicted octanol–water partition coefficient (Wildman–Crippen LogP) is 2.82. The van der Waals surface area contributed by atoms with Crippen molar-refractivity contribution in [2.75, 3.05) is 4.90 Å². The Kier molecular flexibility index (Phi) is 4.75. The van der Waals surface area contributed by atoms with E-state index in [0.29, 0.717) is 29.8 Å². The molecule has 0 spiro atoms. The van der Waals surface area contributed by atoms with Crippen molar-refractivity contribution in [3.63, 3.8) is 0 Å². The average molecular weight is 453 g/mol.